The van der Waals surface area contributed by atoms with E-state index in [1.54, 1.807) is 44.2 Å². The molecular weight excluding hydrogens is 624 g/mol. The van der Waals surface area contributed by atoms with Crippen molar-refractivity contribution in [2.75, 3.05) is 18.6 Å². The summed E-state index contributed by atoms with van der Waals surface area (Å²) >= 11 is 3.75. The van der Waals surface area contributed by atoms with Gasteiger partial charge in [-0.2, -0.15) is 0 Å². The summed E-state index contributed by atoms with van der Waals surface area (Å²) in [4.78, 5) is 33.6. The largest absolute Gasteiger partial charge is 0.503 e. The van der Waals surface area contributed by atoms with Crippen LogP contribution in [0.2, 0.25) is 0 Å². The number of thiazole rings is 1. The van der Waals surface area contributed by atoms with Gasteiger partial charge in [-0.25, -0.2) is 9.37 Å². The van der Waals surface area contributed by atoms with E-state index in [1.165, 1.54) is 47.2 Å². The fourth-order valence-electron chi connectivity index (χ4n) is 4.68. The third kappa shape index (κ3) is 6.64. The number of benzene rings is 2. The van der Waals surface area contributed by atoms with Crippen LogP contribution < -0.4 is 14.4 Å². The van der Waals surface area contributed by atoms with E-state index in [4.69, 9.17) is 9.47 Å². The van der Waals surface area contributed by atoms with Gasteiger partial charge >= 0.3 is 0 Å². The van der Waals surface area contributed by atoms with Crippen LogP contribution in [0.1, 0.15) is 57.8 Å². The lowest BCUT2D eigenvalue weighted by atomic mass is 9.95. The first-order valence-corrected chi connectivity index (χ1v) is 16.5. The number of aryl methyl sites for hydroxylation is 2. The molecule has 9 nitrogen and oxygen atoms in total. The van der Waals surface area contributed by atoms with Crippen molar-refractivity contribution in [2.45, 2.75) is 50.3 Å². The van der Waals surface area contributed by atoms with Crippen molar-refractivity contribution < 1.29 is 28.6 Å². The van der Waals surface area contributed by atoms with Crippen molar-refractivity contribution in [3.63, 3.8) is 0 Å². The van der Waals surface area contributed by atoms with Crippen molar-refractivity contribution in [2.24, 2.45) is 5.92 Å². The highest BCUT2D eigenvalue weighted by Crippen LogP contribution is 2.46. The Labute approximate surface area is 266 Å². The Kier molecular flexibility index (Phi) is 9.66. The molecule has 0 bridgehead atoms. The van der Waals surface area contributed by atoms with Crippen LogP contribution in [0.4, 0.5) is 9.52 Å². The Morgan fingerprint density at radius 3 is 2.52 bits per heavy atom. The molecule has 4 aromatic rings. The zero-order valence-electron chi connectivity index (χ0n) is 24.8. The molecule has 44 heavy (non-hydrogen) atoms. The average Bonchev–Trinajstić information content (AvgIpc) is 3.67. The Balaban J connectivity index is 1.52. The van der Waals surface area contributed by atoms with Gasteiger partial charge in [0.1, 0.15) is 5.82 Å². The van der Waals surface area contributed by atoms with E-state index in [9.17, 15) is 19.1 Å². The summed E-state index contributed by atoms with van der Waals surface area (Å²) in [5.41, 5.74) is 1.86. The number of ether oxygens (including phenoxy) is 2. The molecule has 0 spiro atoms. The smallest absolute Gasteiger partial charge is 0.296 e. The number of aliphatic hydroxyl groups is 1. The van der Waals surface area contributed by atoms with Crippen LogP contribution in [0.5, 0.6) is 11.5 Å². The molecule has 1 atom stereocenters. The minimum Gasteiger partial charge on any atom is -0.503 e. The normalized spacial score (nSPS) is 15.0. The van der Waals surface area contributed by atoms with E-state index < -0.39 is 23.5 Å². The standard InChI is InChI=1S/C31H31FN4O5S3/c1-16(2)12-13-41-22-11-8-20(14-23(22)40-5)25-24(26(37)28-17(3)33-18(4)43-28)27(38)29(39)36(25)30-34-35-31(44-30)42-15-19-6-9-21(32)10-7-19/h6-11,14,16,25,38H,12-13,15H2,1-5H3. The number of carbonyl (C=O) groups is 2. The molecule has 1 unspecified atom stereocenters. The molecule has 0 fully saturated rings. The van der Waals surface area contributed by atoms with Crippen molar-refractivity contribution in [1.29, 1.82) is 0 Å². The number of rotatable bonds is 12. The molecule has 2 aromatic carbocycles. The van der Waals surface area contributed by atoms with Crippen LogP contribution in [-0.4, -0.2) is 45.7 Å². The predicted molar refractivity (Wildman–Crippen MR) is 170 cm³/mol. The van der Waals surface area contributed by atoms with E-state index in [2.05, 4.69) is 29.0 Å². The maximum Gasteiger partial charge on any atom is 0.296 e. The number of amides is 1. The third-order valence-electron chi connectivity index (χ3n) is 6.90. The van der Waals surface area contributed by atoms with Gasteiger partial charge in [0.15, 0.2) is 21.6 Å². The van der Waals surface area contributed by atoms with E-state index in [-0.39, 0.29) is 16.5 Å². The zero-order chi connectivity index (χ0) is 31.5. The fourth-order valence-corrected chi connectivity index (χ4v) is 7.37. The number of carbonyl (C=O) groups excluding carboxylic acids is 2. The number of hydrogen-bond acceptors (Lipinski definition) is 11. The average molecular weight is 655 g/mol. The third-order valence-corrected chi connectivity index (χ3v) is 10.1. The number of aliphatic hydroxyl groups excluding tert-OH is 1. The molecule has 1 amide bonds. The molecule has 230 valence electrons. The molecule has 0 aliphatic carbocycles. The van der Waals surface area contributed by atoms with Crippen LogP contribution >= 0.6 is 34.4 Å². The van der Waals surface area contributed by atoms with Crippen LogP contribution in [0.15, 0.2) is 58.1 Å². The Morgan fingerprint density at radius 1 is 1.11 bits per heavy atom. The van der Waals surface area contributed by atoms with Crippen molar-refractivity contribution in [3.05, 3.63) is 86.3 Å². The molecule has 1 aliphatic rings. The summed E-state index contributed by atoms with van der Waals surface area (Å²) < 4.78 is 25.5. The lowest BCUT2D eigenvalue weighted by molar-refractivity contribution is -0.117. The van der Waals surface area contributed by atoms with E-state index in [0.29, 0.717) is 55.3 Å². The number of anilines is 1. The number of methoxy groups -OCH3 is 1. The highest BCUT2D eigenvalue weighted by atomic mass is 32.2. The fraction of sp³-hybridized carbons (Fsp3) is 0.323. The summed E-state index contributed by atoms with van der Waals surface area (Å²) in [5.74, 6) is -0.296. The molecule has 2 aromatic heterocycles. The molecule has 1 aliphatic heterocycles. The topological polar surface area (TPSA) is 115 Å². The van der Waals surface area contributed by atoms with Gasteiger partial charge in [-0.3, -0.25) is 14.5 Å². The number of nitrogens with zero attached hydrogens (tertiary/aromatic N) is 4. The quantitative estimate of drug-likeness (QED) is 0.0958. The van der Waals surface area contributed by atoms with Crippen LogP contribution in [0.25, 0.3) is 0 Å². The minimum atomic E-state index is -1.02. The molecule has 3 heterocycles. The first kappa shape index (κ1) is 31.6. The maximum absolute atomic E-state index is 14.0. The second kappa shape index (κ2) is 13.4. The second-order valence-electron chi connectivity index (χ2n) is 10.5. The van der Waals surface area contributed by atoms with E-state index >= 15 is 0 Å². The molecule has 0 radical (unpaired) electrons. The van der Waals surface area contributed by atoms with Crippen molar-refractivity contribution in [1.82, 2.24) is 15.2 Å². The lowest BCUT2D eigenvalue weighted by Gasteiger charge is -2.25. The van der Waals surface area contributed by atoms with Gasteiger partial charge in [0.25, 0.3) is 5.91 Å². The van der Waals surface area contributed by atoms with Gasteiger partial charge in [-0.15, -0.1) is 21.5 Å². The van der Waals surface area contributed by atoms with E-state index in [1.807, 2.05) is 0 Å². The number of aromatic nitrogens is 3. The highest BCUT2D eigenvalue weighted by molar-refractivity contribution is 8.00. The SMILES string of the molecule is COc1cc(C2C(C(=O)c3sc(C)nc3C)=C(O)C(=O)N2c2nnc(SCc3ccc(F)cc3)s2)ccc1OCCC(C)C. The monoisotopic (exact) mass is 654 g/mol. The predicted octanol–water partition coefficient (Wildman–Crippen LogP) is 7.26. The minimum absolute atomic E-state index is 0.0759. The summed E-state index contributed by atoms with van der Waals surface area (Å²) in [6, 6.07) is 10.3. The molecule has 13 heteroatoms. The van der Waals surface area contributed by atoms with Crippen molar-refractivity contribution >= 4 is 51.3 Å². The maximum atomic E-state index is 14.0. The van der Waals surface area contributed by atoms with Crippen LogP contribution in [0.3, 0.4) is 0 Å². The first-order valence-electron chi connectivity index (χ1n) is 13.8. The Bertz CT molecular complexity index is 1720. The molecular formula is C31H31FN4O5S3. The lowest BCUT2D eigenvalue weighted by Crippen LogP contribution is -2.31. The van der Waals surface area contributed by atoms with E-state index in [0.717, 1.165) is 23.3 Å². The second-order valence-corrected chi connectivity index (χ2v) is 13.9. The molecule has 1 N–H and O–H groups in total. The van der Waals surface area contributed by atoms with Crippen LogP contribution in [0, 0.1) is 25.6 Å². The first-order chi connectivity index (χ1) is 21.1. The van der Waals surface area contributed by atoms with Gasteiger partial charge in [0, 0.05) is 5.75 Å². The Hall–Kier alpha value is -3.81. The zero-order valence-corrected chi connectivity index (χ0v) is 27.2. The van der Waals surface area contributed by atoms with Crippen LogP contribution in [-0.2, 0) is 10.5 Å². The number of hydrogen-bond donors (Lipinski definition) is 1. The molecule has 0 saturated heterocycles. The number of ketones is 1. The van der Waals surface area contributed by atoms with Gasteiger partial charge in [-0.1, -0.05) is 55.1 Å². The summed E-state index contributed by atoms with van der Waals surface area (Å²) in [6.07, 6.45) is 0.858. The summed E-state index contributed by atoms with van der Waals surface area (Å²) in [6.45, 7) is 8.23. The van der Waals surface area contributed by atoms with Crippen molar-refractivity contribution in [3.8, 4) is 11.5 Å². The number of Topliss-reactive ketones (excluding diaryl/α,β-unsaturated/α-hetero) is 1. The van der Waals surface area contributed by atoms with Gasteiger partial charge < -0.3 is 14.6 Å². The summed E-state index contributed by atoms with van der Waals surface area (Å²) in [7, 11) is 1.52. The van der Waals surface area contributed by atoms with Gasteiger partial charge in [0.2, 0.25) is 10.9 Å². The molecule has 0 saturated carbocycles. The van der Waals surface area contributed by atoms with Gasteiger partial charge in [-0.05, 0) is 61.6 Å². The highest BCUT2D eigenvalue weighted by Gasteiger charge is 2.47. The number of halogens is 1. The summed E-state index contributed by atoms with van der Waals surface area (Å²) in [5, 5.41) is 20.6. The molecule has 5 rings (SSSR count). The Morgan fingerprint density at radius 2 is 1.86 bits per heavy atom. The number of thioether (sulfide) groups is 1. The van der Waals surface area contributed by atoms with Gasteiger partial charge in [0.05, 0.1) is 40.9 Å².